The van der Waals surface area contributed by atoms with Gasteiger partial charge in [0.05, 0.1) is 6.07 Å². The highest BCUT2D eigenvalue weighted by Crippen LogP contribution is 2.25. The van der Waals surface area contributed by atoms with Gasteiger partial charge in [0.1, 0.15) is 25.3 Å². The Morgan fingerprint density at radius 2 is 1.95 bits per heavy atom. The number of benzene rings is 2. The molecule has 2 aliphatic rings. The van der Waals surface area contributed by atoms with Crippen LogP contribution in [0.1, 0.15) is 5.56 Å². The summed E-state index contributed by atoms with van der Waals surface area (Å²) in [4.78, 5) is 4.61. The standard InChI is InChI=1S/C15H15N3O/c1-9-6-12-15(8-13(9)18(2)3)19-14-7-10(16)4-5-11(14)17-12/h4-8,16H,1-3H3/p+1. The Hall–Kier alpha value is -2.36. The lowest BCUT2D eigenvalue weighted by Crippen LogP contribution is -2.24. The second-order valence-electron chi connectivity index (χ2n) is 4.94. The van der Waals surface area contributed by atoms with Crippen molar-refractivity contribution in [3.8, 4) is 11.5 Å². The zero-order chi connectivity index (χ0) is 13.6. The maximum Gasteiger partial charge on any atom is 0.206 e. The molecule has 19 heavy (non-hydrogen) atoms. The van der Waals surface area contributed by atoms with Crippen LogP contribution in [0.4, 0.5) is 5.69 Å². The number of aromatic nitrogens is 1. The average molecular weight is 254 g/mol. The molecular weight excluding hydrogens is 238 g/mol. The molecular formula is C15H16N3O+. The van der Waals surface area contributed by atoms with E-state index in [1.165, 1.54) is 5.56 Å². The van der Waals surface area contributed by atoms with Crippen LogP contribution in [0, 0.1) is 6.92 Å². The lowest BCUT2D eigenvalue weighted by Gasteiger charge is -2.07. The van der Waals surface area contributed by atoms with Gasteiger partial charge in [-0.05, 0) is 25.1 Å². The molecule has 0 saturated carbocycles. The third-order valence-electron chi connectivity index (χ3n) is 3.20. The van der Waals surface area contributed by atoms with E-state index in [2.05, 4.69) is 16.5 Å². The highest BCUT2D eigenvalue weighted by atomic mass is 16.3. The molecule has 1 aromatic carbocycles. The zero-order valence-corrected chi connectivity index (χ0v) is 11.3. The second kappa shape index (κ2) is 4.09. The fourth-order valence-corrected chi connectivity index (χ4v) is 2.27. The Kier molecular flexibility index (Phi) is 2.52. The molecule has 0 atom stereocenters. The summed E-state index contributed by atoms with van der Waals surface area (Å²) in [7, 11) is 4.03. The highest BCUT2D eigenvalue weighted by molar-refractivity contribution is 5.79. The molecule has 0 aromatic heterocycles. The molecule has 4 heteroatoms. The van der Waals surface area contributed by atoms with Gasteiger partial charge in [-0.3, -0.25) is 0 Å². The van der Waals surface area contributed by atoms with Crippen LogP contribution in [-0.2, 0) is 0 Å². The fourth-order valence-electron chi connectivity index (χ4n) is 2.27. The first-order chi connectivity index (χ1) is 9.04. The van der Waals surface area contributed by atoms with Crippen LogP contribution in [0.25, 0.3) is 22.6 Å². The van der Waals surface area contributed by atoms with Crippen LogP contribution < -0.4 is 15.7 Å². The van der Waals surface area contributed by atoms with Crippen molar-refractivity contribution < 1.29 is 4.42 Å². The summed E-state index contributed by atoms with van der Waals surface area (Å²) in [5, 5.41) is 1.13. The lowest BCUT2D eigenvalue weighted by atomic mass is 10.1. The van der Waals surface area contributed by atoms with E-state index in [4.69, 9.17) is 10.2 Å². The molecule has 1 aliphatic carbocycles. The molecule has 96 valence electrons. The lowest BCUT2D eigenvalue weighted by molar-refractivity contribution is 0.610. The molecule has 0 amide bonds. The Labute approximate surface area is 111 Å². The van der Waals surface area contributed by atoms with Gasteiger partial charge >= 0.3 is 0 Å². The van der Waals surface area contributed by atoms with Crippen molar-refractivity contribution in [2.75, 3.05) is 19.8 Å². The van der Waals surface area contributed by atoms with Gasteiger partial charge in [0, 0.05) is 17.3 Å². The Morgan fingerprint density at radius 3 is 2.68 bits per heavy atom. The van der Waals surface area contributed by atoms with E-state index in [-0.39, 0.29) is 0 Å². The van der Waals surface area contributed by atoms with Crippen LogP contribution in [-0.4, -0.2) is 19.1 Å². The summed E-state index contributed by atoms with van der Waals surface area (Å²) in [5.41, 5.74) is 10.0. The molecule has 4 nitrogen and oxygen atoms in total. The van der Waals surface area contributed by atoms with Crippen LogP contribution in [0.15, 0.2) is 34.7 Å². The minimum absolute atomic E-state index is 0.678. The Bertz CT molecular complexity index is 813. The van der Waals surface area contributed by atoms with Gasteiger partial charge in [0.25, 0.3) is 0 Å². The van der Waals surface area contributed by atoms with Crippen molar-refractivity contribution in [2.45, 2.75) is 6.92 Å². The monoisotopic (exact) mass is 254 g/mol. The molecule has 2 N–H and O–H groups in total. The first-order valence-electron chi connectivity index (χ1n) is 6.15. The summed E-state index contributed by atoms with van der Waals surface area (Å²) < 4.78 is 7.97. The minimum Gasteiger partial charge on any atom is -0.452 e. The summed E-state index contributed by atoms with van der Waals surface area (Å²) in [6, 6.07) is 9.57. The second-order valence-corrected chi connectivity index (χ2v) is 4.94. The summed E-state index contributed by atoms with van der Waals surface area (Å²) in [6.07, 6.45) is 0. The number of hydrogen-bond acceptors (Lipinski definition) is 3. The predicted molar refractivity (Wildman–Crippen MR) is 76.9 cm³/mol. The first-order valence-corrected chi connectivity index (χ1v) is 6.15. The van der Waals surface area contributed by atoms with E-state index < -0.39 is 0 Å². The van der Waals surface area contributed by atoms with E-state index in [0.29, 0.717) is 11.3 Å². The molecule has 1 aromatic rings. The average Bonchev–Trinajstić information content (AvgIpc) is 2.35. The minimum atomic E-state index is 0.678. The SMILES string of the molecule is Cc1cc2nc3ccc(N)cc3oc-2cc1=[N+](C)C. The number of rotatable bonds is 0. The van der Waals surface area contributed by atoms with Crippen LogP contribution in [0.2, 0.25) is 0 Å². The molecule has 0 saturated heterocycles. The van der Waals surface area contributed by atoms with E-state index in [0.717, 1.165) is 22.3 Å². The number of aryl methyl sites for hydroxylation is 1. The number of fused-ring (bicyclic) bond motifs is 2. The molecule has 0 fully saturated rings. The van der Waals surface area contributed by atoms with Gasteiger partial charge in [-0.25, -0.2) is 9.56 Å². The molecule has 1 aliphatic heterocycles. The van der Waals surface area contributed by atoms with Crippen LogP contribution >= 0.6 is 0 Å². The van der Waals surface area contributed by atoms with Crippen molar-refractivity contribution in [3.63, 3.8) is 0 Å². The largest absolute Gasteiger partial charge is 0.452 e. The quantitative estimate of drug-likeness (QED) is 0.378. The Morgan fingerprint density at radius 1 is 1.16 bits per heavy atom. The van der Waals surface area contributed by atoms with Gasteiger partial charge in [-0.2, -0.15) is 0 Å². The van der Waals surface area contributed by atoms with Gasteiger partial charge in [0.2, 0.25) is 5.36 Å². The fraction of sp³-hybridized carbons (Fsp3) is 0.200. The Balaban J connectivity index is 2.44. The number of nitrogens with zero attached hydrogens (tertiary/aromatic N) is 2. The normalized spacial score (nSPS) is 11.1. The zero-order valence-electron chi connectivity index (χ0n) is 11.3. The van der Waals surface area contributed by atoms with E-state index >= 15 is 0 Å². The molecule has 3 rings (SSSR count). The summed E-state index contributed by atoms with van der Waals surface area (Å²) >= 11 is 0. The number of nitrogens with two attached hydrogens (primary N) is 1. The van der Waals surface area contributed by atoms with E-state index in [9.17, 15) is 0 Å². The first kappa shape index (κ1) is 11.7. The van der Waals surface area contributed by atoms with E-state index in [1.807, 2.05) is 38.4 Å². The third-order valence-corrected chi connectivity index (χ3v) is 3.20. The maximum atomic E-state index is 5.90. The van der Waals surface area contributed by atoms with Gasteiger partial charge in [0.15, 0.2) is 11.3 Å². The number of hydrogen-bond donors (Lipinski definition) is 1. The van der Waals surface area contributed by atoms with Gasteiger partial charge in [-0.15, -0.1) is 0 Å². The third kappa shape index (κ3) is 1.95. The van der Waals surface area contributed by atoms with Crippen molar-refractivity contribution >= 4 is 16.8 Å². The van der Waals surface area contributed by atoms with Crippen LogP contribution in [0.3, 0.4) is 0 Å². The topological polar surface area (TPSA) is 55.1 Å². The number of nitrogen functional groups attached to an aromatic ring is 1. The maximum absolute atomic E-state index is 5.90. The van der Waals surface area contributed by atoms with Crippen molar-refractivity contribution in [1.29, 1.82) is 0 Å². The van der Waals surface area contributed by atoms with Crippen LogP contribution in [0.5, 0.6) is 0 Å². The molecule has 0 unspecified atom stereocenters. The van der Waals surface area contributed by atoms with Gasteiger partial charge in [-0.1, -0.05) is 0 Å². The number of anilines is 1. The molecule has 0 spiro atoms. The summed E-state index contributed by atoms with van der Waals surface area (Å²) in [5.74, 6) is 0.771. The molecule has 0 radical (unpaired) electrons. The van der Waals surface area contributed by atoms with E-state index in [1.54, 1.807) is 6.07 Å². The molecule has 1 heterocycles. The predicted octanol–water partition coefficient (Wildman–Crippen LogP) is 1.86. The van der Waals surface area contributed by atoms with Crippen molar-refractivity contribution in [3.05, 3.63) is 41.3 Å². The highest BCUT2D eigenvalue weighted by Gasteiger charge is 2.13. The van der Waals surface area contributed by atoms with Gasteiger partial charge < -0.3 is 10.2 Å². The molecule has 0 bridgehead atoms. The smallest absolute Gasteiger partial charge is 0.206 e. The van der Waals surface area contributed by atoms with Crippen molar-refractivity contribution in [2.24, 2.45) is 0 Å². The van der Waals surface area contributed by atoms with Crippen molar-refractivity contribution in [1.82, 2.24) is 9.56 Å². The summed E-state index contributed by atoms with van der Waals surface area (Å²) in [6.45, 7) is 2.07.